The van der Waals surface area contributed by atoms with E-state index in [1.54, 1.807) is 20.8 Å². The number of nitrogens with zero attached hydrogens (tertiary/aromatic N) is 1. The molecule has 0 aromatic rings. The molecule has 0 aromatic carbocycles. The molecule has 0 radical (unpaired) electrons. The van der Waals surface area contributed by atoms with E-state index >= 15 is 0 Å². The van der Waals surface area contributed by atoms with Gasteiger partial charge in [0.15, 0.2) is 0 Å². The van der Waals surface area contributed by atoms with Gasteiger partial charge in [-0.05, 0) is 34.1 Å². The summed E-state index contributed by atoms with van der Waals surface area (Å²) in [4.78, 5) is 48.4. The number of ether oxygens (including phenoxy) is 3. The van der Waals surface area contributed by atoms with Gasteiger partial charge < -0.3 is 24.4 Å². The van der Waals surface area contributed by atoms with E-state index in [4.69, 9.17) is 4.74 Å². The minimum atomic E-state index is -1.04. The van der Waals surface area contributed by atoms with Gasteiger partial charge in [-0.25, -0.2) is 14.4 Å². The number of rotatable bonds is 7. The van der Waals surface area contributed by atoms with Crippen molar-refractivity contribution < 1.29 is 33.4 Å². The Hall–Kier alpha value is -2.32. The summed E-state index contributed by atoms with van der Waals surface area (Å²) in [5.41, 5.74) is -0.725. The fraction of sp³-hybridized carbons (Fsp3) is 0.750. The lowest BCUT2D eigenvalue weighted by molar-refractivity contribution is -0.151. The van der Waals surface area contributed by atoms with Crippen LogP contribution in [0, 0.1) is 0 Å². The zero-order valence-corrected chi connectivity index (χ0v) is 15.9. The van der Waals surface area contributed by atoms with Gasteiger partial charge in [0.1, 0.15) is 17.7 Å². The molecule has 9 heteroatoms. The predicted octanol–water partition coefficient (Wildman–Crippen LogP) is 0.853. The van der Waals surface area contributed by atoms with Crippen LogP contribution in [0.15, 0.2) is 0 Å². The van der Waals surface area contributed by atoms with Crippen LogP contribution in [0.5, 0.6) is 0 Å². The molecule has 25 heavy (non-hydrogen) atoms. The molecule has 0 aromatic heterocycles. The Kier molecular flexibility index (Phi) is 8.94. The molecule has 2 atom stereocenters. The zero-order valence-electron chi connectivity index (χ0n) is 15.9. The highest BCUT2D eigenvalue weighted by Gasteiger charge is 2.28. The van der Waals surface area contributed by atoms with E-state index in [0.717, 1.165) is 0 Å². The molecule has 0 spiro atoms. The van der Waals surface area contributed by atoms with Crippen LogP contribution in [0.3, 0.4) is 0 Å². The highest BCUT2D eigenvalue weighted by atomic mass is 16.6. The Morgan fingerprint density at radius 3 is 2.00 bits per heavy atom. The Morgan fingerprint density at radius 2 is 1.56 bits per heavy atom. The van der Waals surface area contributed by atoms with E-state index in [1.165, 1.54) is 33.1 Å². The second-order valence-electron chi connectivity index (χ2n) is 6.46. The first-order chi connectivity index (χ1) is 11.4. The Labute approximate surface area is 148 Å². The lowest BCUT2D eigenvalue weighted by atomic mass is 10.1. The molecule has 0 rings (SSSR count). The molecule has 0 saturated heterocycles. The summed E-state index contributed by atoms with van der Waals surface area (Å²) >= 11 is 0. The number of esters is 2. The molecule has 0 heterocycles. The van der Waals surface area contributed by atoms with Crippen LogP contribution in [0.1, 0.15) is 40.5 Å². The van der Waals surface area contributed by atoms with Gasteiger partial charge in [0, 0.05) is 13.5 Å². The van der Waals surface area contributed by atoms with Crippen LogP contribution in [-0.2, 0) is 28.6 Å². The number of nitrogens with one attached hydrogen (secondary N) is 1. The number of carbonyl (C=O) groups is 4. The monoisotopic (exact) mass is 360 g/mol. The summed E-state index contributed by atoms with van der Waals surface area (Å²) in [5.74, 6) is -1.62. The molecule has 0 aliphatic carbocycles. The largest absolute Gasteiger partial charge is 0.467 e. The van der Waals surface area contributed by atoms with Crippen LogP contribution in [0.25, 0.3) is 0 Å². The predicted molar refractivity (Wildman–Crippen MR) is 88.7 cm³/mol. The molecular weight excluding hydrogens is 332 g/mol. The average Bonchev–Trinajstić information content (AvgIpc) is 2.53. The normalized spacial score (nSPS) is 13.2. The lowest BCUT2D eigenvalue weighted by Gasteiger charge is -2.25. The Balaban J connectivity index is 4.78. The first-order valence-corrected chi connectivity index (χ1v) is 7.83. The molecule has 9 nitrogen and oxygen atoms in total. The summed E-state index contributed by atoms with van der Waals surface area (Å²) in [6, 6.07) is -1.79. The van der Waals surface area contributed by atoms with Crippen molar-refractivity contribution in [3.63, 3.8) is 0 Å². The van der Waals surface area contributed by atoms with Gasteiger partial charge in [0.05, 0.1) is 14.2 Å². The minimum absolute atomic E-state index is 0.00296. The summed E-state index contributed by atoms with van der Waals surface area (Å²) in [6.07, 6.45) is -0.859. The zero-order chi connectivity index (χ0) is 19.8. The van der Waals surface area contributed by atoms with E-state index in [1.807, 2.05) is 0 Å². The fourth-order valence-electron chi connectivity index (χ4n) is 1.83. The van der Waals surface area contributed by atoms with Crippen molar-refractivity contribution in [3.05, 3.63) is 0 Å². The summed E-state index contributed by atoms with van der Waals surface area (Å²) in [5, 5.41) is 2.38. The third-order valence-electron chi connectivity index (χ3n) is 3.34. The number of methoxy groups -OCH3 is 2. The van der Waals surface area contributed by atoms with Crippen molar-refractivity contribution in [1.29, 1.82) is 0 Å². The smallest absolute Gasteiger partial charge is 0.408 e. The summed E-state index contributed by atoms with van der Waals surface area (Å²) in [7, 11) is 3.87. The molecule has 1 N–H and O–H groups in total. The maximum Gasteiger partial charge on any atom is 0.408 e. The average molecular weight is 360 g/mol. The molecule has 0 fully saturated rings. The molecule has 0 bridgehead atoms. The van der Waals surface area contributed by atoms with Gasteiger partial charge in [-0.1, -0.05) is 0 Å². The van der Waals surface area contributed by atoms with Crippen LogP contribution in [-0.4, -0.2) is 67.8 Å². The van der Waals surface area contributed by atoms with Crippen LogP contribution < -0.4 is 5.32 Å². The highest BCUT2D eigenvalue weighted by molar-refractivity contribution is 5.85. The fourth-order valence-corrected chi connectivity index (χ4v) is 1.83. The van der Waals surface area contributed by atoms with E-state index in [0.29, 0.717) is 0 Å². The first-order valence-electron chi connectivity index (χ1n) is 7.83. The van der Waals surface area contributed by atoms with Crippen molar-refractivity contribution in [2.75, 3.05) is 21.3 Å². The van der Waals surface area contributed by atoms with Crippen LogP contribution in [0.2, 0.25) is 0 Å². The first kappa shape index (κ1) is 22.7. The number of alkyl carbamates (subject to hydrolysis) is 1. The molecular formula is C16H28N2O7. The molecule has 144 valence electrons. The molecule has 0 aliphatic rings. The second-order valence-corrected chi connectivity index (χ2v) is 6.46. The SMILES string of the molecule is COC(=O)[C@@H](CCC(=O)N(C)[C@@H](C)C(=O)OC)NC(=O)OC(C)(C)C. The number of carbonyl (C=O) groups excluding carboxylic acids is 4. The number of hydrogen-bond acceptors (Lipinski definition) is 7. The van der Waals surface area contributed by atoms with E-state index in [-0.39, 0.29) is 18.7 Å². The second kappa shape index (κ2) is 9.85. The molecule has 2 amide bonds. The van der Waals surface area contributed by atoms with E-state index in [2.05, 4.69) is 14.8 Å². The maximum atomic E-state index is 12.2. The number of hydrogen-bond donors (Lipinski definition) is 1. The van der Waals surface area contributed by atoms with Crippen molar-refractivity contribution in [3.8, 4) is 0 Å². The van der Waals surface area contributed by atoms with Crippen LogP contribution >= 0.6 is 0 Å². The Bertz CT molecular complexity index is 499. The third kappa shape index (κ3) is 8.37. The van der Waals surface area contributed by atoms with Crippen molar-refractivity contribution in [1.82, 2.24) is 10.2 Å². The lowest BCUT2D eigenvalue weighted by Crippen LogP contribution is -2.45. The van der Waals surface area contributed by atoms with Crippen molar-refractivity contribution in [2.45, 2.75) is 58.2 Å². The third-order valence-corrected chi connectivity index (χ3v) is 3.34. The van der Waals surface area contributed by atoms with Gasteiger partial charge in [-0.3, -0.25) is 4.79 Å². The number of likely N-dealkylation sites (N-methyl/N-ethyl adjacent to an activating group) is 1. The molecule has 0 saturated carbocycles. The summed E-state index contributed by atoms with van der Waals surface area (Å²) in [6.45, 7) is 6.59. The van der Waals surface area contributed by atoms with Gasteiger partial charge in [0.25, 0.3) is 0 Å². The van der Waals surface area contributed by atoms with Gasteiger partial charge in [0.2, 0.25) is 5.91 Å². The quantitative estimate of drug-likeness (QED) is 0.529. The minimum Gasteiger partial charge on any atom is -0.467 e. The molecule has 0 unspecified atom stereocenters. The standard InChI is InChI=1S/C16H28N2O7/c1-10(13(20)23-6)18(5)12(19)9-8-11(14(21)24-7)17-15(22)25-16(2,3)4/h10-11H,8-9H2,1-7H3,(H,17,22)/t10-,11+/m0/s1. The van der Waals surface area contributed by atoms with E-state index < -0.39 is 35.7 Å². The Morgan fingerprint density at radius 1 is 1.04 bits per heavy atom. The topological polar surface area (TPSA) is 111 Å². The molecule has 0 aliphatic heterocycles. The highest BCUT2D eigenvalue weighted by Crippen LogP contribution is 2.10. The van der Waals surface area contributed by atoms with Crippen molar-refractivity contribution >= 4 is 23.9 Å². The van der Waals surface area contributed by atoms with Crippen molar-refractivity contribution in [2.24, 2.45) is 0 Å². The van der Waals surface area contributed by atoms with Gasteiger partial charge >= 0.3 is 18.0 Å². The number of amides is 2. The maximum absolute atomic E-state index is 12.2. The van der Waals surface area contributed by atoms with Crippen LogP contribution in [0.4, 0.5) is 4.79 Å². The van der Waals surface area contributed by atoms with Gasteiger partial charge in [-0.2, -0.15) is 0 Å². The van der Waals surface area contributed by atoms with E-state index in [9.17, 15) is 19.2 Å². The van der Waals surface area contributed by atoms with Gasteiger partial charge in [-0.15, -0.1) is 0 Å². The summed E-state index contributed by atoms with van der Waals surface area (Å²) < 4.78 is 14.3.